The van der Waals surface area contributed by atoms with Crippen LogP contribution in [0.15, 0.2) is 42.5 Å². The van der Waals surface area contributed by atoms with E-state index < -0.39 is 23.8 Å². The van der Waals surface area contributed by atoms with E-state index in [0.29, 0.717) is 16.1 Å². The van der Waals surface area contributed by atoms with Gasteiger partial charge in [-0.1, -0.05) is 17.7 Å². The second-order valence-corrected chi connectivity index (χ2v) is 6.23. The number of methoxy groups -OCH3 is 1. The average Bonchev–Trinajstić information content (AvgIpc) is 2.65. The summed E-state index contributed by atoms with van der Waals surface area (Å²) in [5.74, 6) is -1.64. The highest BCUT2D eigenvalue weighted by atomic mass is 35.5. The van der Waals surface area contributed by atoms with Crippen molar-refractivity contribution < 1.29 is 29.0 Å². The molecule has 0 spiro atoms. The first-order chi connectivity index (χ1) is 13.3. The molecule has 2 rings (SSSR count). The zero-order valence-electron chi connectivity index (χ0n) is 15.0. The van der Waals surface area contributed by atoms with Gasteiger partial charge >= 0.3 is 5.97 Å². The molecule has 0 aliphatic rings. The molecule has 1 atom stereocenters. The van der Waals surface area contributed by atoms with Gasteiger partial charge < -0.3 is 25.6 Å². The molecule has 2 amide bonds. The van der Waals surface area contributed by atoms with E-state index >= 15 is 0 Å². The summed E-state index contributed by atoms with van der Waals surface area (Å²) in [5, 5.41) is 12.4. The molecule has 0 aliphatic heterocycles. The molecule has 8 nitrogen and oxygen atoms in total. The quantitative estimate of drug-likeness (QED) is 0.585. The number of carboxylic acid groups (broad SMARTS) is 1. The Morgan fingerprint density at radius 3 is 2.39 bits per heavy atom. The van der Waals surface area contributed by atoms with Crippen molar-refractivity contribution in [2.24, 2.45) is 5.73 Å². The van der Waals surface area contributed by atoms with E-state index in [9.17, 15) is 19.5 Å². The first-order valence-corrected chi connectivity index (χ1v) is 8.55. The van der Waals surface area contributed by atoms with Crippen LogP contribution in [0.25, 0.3) is 0 Å². The van der Waals surface area contributed by atoms with Crippen LogP contribution in [0.4, 0.5) is 0 Å². The minimum absolute atomic E-state index is 0.267. The molecule has 9 heteroatoms. The van der Waals surface area contributed by atoms with Gasteiger partial charge in [0, 0.05) is 10.6 Å². The summed E-state index contributed by atoms with van der Waals surface area (Å²) in [7, 11) is 1.40. The molecule has 28 heavy (non-hydrogen) atoms. The number of halogens is 1. The number of rotatable bonds is 9. The fourth-order valence-electron chi connectivity index (χ4n) is 2.44. The third kappa shape index (κ3) is 5.88. The summed E-state index contributed by atoms with van der Waals surface area (Å²) >= 11 is 5.82. The predicted octanol–water partition coefficient (Wildman–Crippen LogP) is 2.16. The molecule has 0 radical (unpaired) electrons. The molecular weight excluding hydrogens is 388 g/mol. The summed E-state index contributed by atoms with van der Waals surface area (Å²) in [6, 6.07) is 10.0. The molecule has 0 aromatic heterocycles. The molecule has 148 valence electrons. The number of amides is 2. The van der Waals surface area contributed by atoms with Crippen molar-refractivity contribution in [2.45, 2.75) is 12.5 Å². The van der Waals surface area contributed by atoms with Crippen LogP contribution in [-0.2, 0) is 9.59 Å². The van der Waals surface area contributed by atoms with Gasteiger partial charge in [-0.3, -0.25) is 14.4 Å². The van der Waals surface area contributed by atoms with Gasteiger partial charge in [0.05, 0.1) is 19.6 Å². The van der Waals surface area contributed by atoms with Crippen molar-refractivity contribution in [2.75, 3.05) is 13.7 Å². The zero-order chi connectivity index (χ0) is 20.7. The number of hydrogen-bond acceptors (Lipinski definition) is 5. The number of hydrogen-bond donors (Lipinski definition) is 3. The van der Waals surface area contributed by atoms with Crippen LogP contribution in [0, 0.1) is 0 Å². The molecule has 0 unspecified atom stereocenters. The fourth-order valence-corrected chi connectivity index (χ4v) is 2.56. The fraction of sp³-hybridized carbons (Fsp3) is 0.211. The summed E-state index contributed by atoms with van der Waals surface area (Å²) in [6.07, 6.45) is -0.343. The van der Waals surface area contributed by atoms with Crippen LogP contribution in [0.2, 0.25) is 5.02 Å². The van der Waals surface area contributed by atoms with Crippen LogP contribution < -0.4 is 20.5 Å². The number of benzene rings is 2. The monoisotopic (exact) mass is 406 g/mol. The van der Waals surface area contributed by atoms with Gasteiger partial charge in [0.1, 0.15) is 0 Å². The Labute approximate surface area is 166 Å². The molecular formula is C19H19ClN2O6. The SMILES string of the molecule is COc1cc([C@H](CC(=O)O)NC(=O)c2ccc(Cl)cc2)ccc1OCC(N)=O. The minimum Gasteiger partial charge on any atom is -0.493 e. The van der Waals surface area contributed by atoms with E-state index in [1.165, 1.54) is 31.4 Å². The Hall–Kier alpha value is -3.26. The van der Waals surface area contributed by atoms with Gasteiger partial charge in [0.15, 0.2) is 18.1 Å². The molecule has 0 bridgehead atoms. The molecule has 0 saturated carbocycles. The summed E-state index contributed by atoms with van der Waals surface area (Å²) in [5.41, 5.74) is 5.89. The summed E-state index contributed by atoms with van der Waals surface area (Å²) in [6.45, 7) is -0.332. The largest absolute Gasteiger partial charge is 0.493 e. The second-order valence-electron chi connectivity index (χ2n) is 5.80. The molecule has 0 saturated heterocycles. The molecule has 4 N–H and O–H groups in total. The van der Waals surface area contributed by atoms with Gasteiger partial charge in [-0.2, -0.15) is 0 Å². The number of ether oxygens (including phenoxy) is 2. The number of primary amides is 1. The minimum atomic E-state index is -1.09. The predicted molar refractivity (Wildman–Crippen MR) is 102 cm³/mol. The lowest BCUT2D eigenvalue weighted by Crippen LogP contribution is -2.30. The van der Waals surface area contributed by atoms with Crippen LogP contribution in [-0.4, -0.2) is 36.6 Å². The van der Waals surface area contributed by atoms with E-state index in [2.05, 4.69) is 5.32 Å². The van der Waals surface area contributed by atoms with Gasteiger partial charge in [-0.05, 0) is 42.0 Å². The lowest BCUT2D eigenvalue weighted by molar-refractivity contribution is -0.137. The smallest absolute Gasteiger partial charge is 0.305 e. The third-order valence-corrected chi connectivity index (χ3v) is 4.00. The molecule has 2 aromatic rings. The Balaban J connectivity index is 2.26. The van der Waals surface area contributed by atoms with Crippen molar-refractivity contribution >= 4 is 29.4 Å². The number of nitrogens with one attached hydrogen (secondary N) is 1. The Kier molecular flexibility index (Phi) is 7.22. The topological polar surface area (TPSA) is 128 Å². The number of carbonyl (C=O) groups is 3. The van der Waals surface area contributed by atoms with E-state index in [0.717, 1.165) is 0 Å². The van der Waals surface area contributed by atoms with E-state index in [4.69, 9.17) is 26.8 Å². The lowest BCUT2D eigenvalue weighted by atomic mass is 10.0. The van der Waals surface area contributed by atoms with Crippen LogP contribution >= 0.6 is 11.6 Å². The molecule has 0 aliphatic carbocycles. The maximum absolute atomic E-state index is 12.5. The van der Waals surface area contributed by atoms with Crippen LogP contribution in [0.1, 0.15) is 28.4 Å². The molecule has 2 aromatic carbocycles. The number of carboxylic acids is 1. The highest BCUT2D eigenvalue weighted by molar-refractivity contribution is 6.30. The highest BCUT2D eigenvalue weighted by Gasteiger charge is 2.21. The summed E-state index contributed by atoms with van der Waals surface area (Å²) < 4.78 is 10.5. The number of carbonyl (C=O) groups excluding carboxylic acids is 2. The molecule has 0 fully saturated rings. The van der Waals surface area contributed by atoms with E-state index in [1.807, 2.05) is 0 Å². The zero-order valence-corrected chi connectivity index (χ0v) is 15.7. The van der Waals surface area contributed by atoms with Crippen molar-refractivity contribution in [1.82, 2.24) is 5.32 Å². The Morgan fingerprint density at radius 1 is 1.14 bits per heavy atom. The standard InChI is InChI=1S/C19H19ClN2O6/c1-27-16-8-12(4-7-15(16)28-10-17(21)23)14(9-18(24)25)22-19(26)11-2-5-13(20)6-3-11/h2-8,14H,9-10H2,1H3,(H2,21,23)(H,22,26)(H,24,25)/t14-/m0/s1. The maximum atomic E-state index is 12.5. The van der Waals surface area contributed by atoms with Crippen LogP contribution in [0.5, 0.6) is 11.5 Å². The van der Waals surface area contributed by atoms with Crippen molar-refractivity contribution in [1.29, 1.82) is 0 Å². The summed E-state index contributed by atoms with van der Waals surface area (Å²) in [4.78, 5) is 34.6. The van der Waals surface area contributed by atoms with Gasteiger partial charge in [0.2, 0.25) is 0 Å². The van der Waals surface area contributed by atoms with Crippen LogP contribution in [0.3, 0.4) is 0 Å². The van der Waals surface area contributed by atoms with E-state index in [-0.39, 0.29) is 24.5 Å². The molecule has 0 heterocycles. The first kappa shape index (κ1) is 21.0. The first-order valence-electron chi connectivity index (χ1n) is 8.17. The van der Waals surface area contributed by atoms with Crippen molar-refractivity contribution in [3.05, 3.63) is 58.6 Å². The third-order valence-electron chi connectivity index (χ3n) is 3.75. The highest BCUT2D eigenvalue weighted by Crippen LogP contribution is 2.31. The van der Waals surface area contributed by atoms with E-state index in [1.54, 1.807) is 18.2 Å². The van der Waals surface area contributed by atoms with Crippen molar-refractivity contribution in [3.63, 3.8) is 0 Å². The number of aliphatic carboxylic acids is 1. The number of nitrogens with two attached hydrogens (primary N) is 1. The second kappa shape index (κ2) is 9.61. The average molecular weight is 407 g/mol. The Bertz CT molecular complexity index is 869. The normalized spacial score (nSPS) is 11.4. The van der Waals surface area contributed by atoms with Gasteiger partial charge in [0.25, 0.3) is 11.8 Å². The Morgan fingerprint density at radius 2 is 1.82 bits per heavy atom. The lowest BCUT2D eigenvalue weighted by Gasteiger charge is -2.19. The van der Waals surface area contributed by atoms with Crippen molar-refractivity contribution in [3.8, 4) is 11.5 Å². The maximum Gasteiger partial charge on any atom is 0.305 e. The van der Waals surface area contributed by atoms with Gasteiger partial charge in [-0.15, -0.1) is 0 Å². The van der Waals surface area contributed by atoms with Gasteiger partial charge in [-0.25, -0.2) is 0 Å².